The lowest BCUT2D eigenvalue weighted by Gasteiger charge is -2.17. The third kappa shape index (κ3) is 4.40. The van der Waals surface area contributed by atoms with Gasteiger partial charge in [-0.1, -0.05) is 11.6 Å². The van der Waals surface area contributed by atoms with Crippen LogP contribution in [0.15, 0.2) is 24.7 Å². The fraction of sp³-hybridized carbons (Fsp3) is 0.267. The zero-order chi connectivity index (χ0) is 20.3. The molecule has 0 spiro atoms. The van der Waals surface area contributed by atoms with E-state index in [1.807, 2.05) is 0 Å². The van der Waals surface area contributed by atoms with Crippen molar-refractivity contribution in [2.75, 3.05) is 17.7 Å². The minimum atomic E-state index is -3.04. The molecule has 3 heterocycles. The van der Waals surface area contributed by atoms with E-state index in [2.05, 4.69) is 35.4 Å². The van der Waals surface area contributed by atoms with Crippen LogP contribution in [0.25, 0.3) is 5.65 Å². The van der Waals surface area contributed by atoms with E-state index in [0.717, 1.165) is 12.4 Å². The number of carbonyl (C=O) groups is 1. The molecule has 0 aliphatic carbocycles. The second-order valence-corrected chi connectivity index (χ2v) is 5.77. The molecule has 0 fully saturated rings. The normalized spacial score (nSPS) is 12.2. The highest BCUT2D eigenvalue weighted by Gasteiger charge is 2.19. The van der Waals surface area contributed by atoms with Crippen LogP contribution in [0, 0.1) is 0 Å². The smallest absolute Gasteiger partial charge is 0.389 e. The molecule has 0 saturated carbocycles. The Labute approximate surface area is 161 Å². The number of hydrogen-bond donors (Lipinski definition) is 2. The van der Waals surface area contributed by atoms with Gasteiger partial charge in [0.1, 0.15) is 0 Å². The largest absolute Gasteiger partial charge is 0.401 e. The van der Waals surface area contributed by atoms with Crippen LogP contribution >= 0.6 is 11.6 Å². The number of nitrogens with one attached hydrogen (secondary N) is 2. The number of fused-ring (bicyclic) bond motifs is 1. The Morgan fingerprint density at radius 1 is 1.21 bits per heavy atom. The van der Waals surface area contributed by atoms with Crippen LogP contribution in [0.5, 0.6) is 6.01 Å². The molecule has 1 atom stereocenters. The van der Waals surface area contributed by atoms with Crippen molar-refractivity contribution in [1.29, 1.82) is 0 Å². The molecule has 0 radical (unpaired) electrons. The van der Waals surface area contributed by atoms with Crippen molar-refractivity contribution in [1.82, 2.24) is 24.6 Å². The van der Waals surface area contributed by atoms with Gasteiger partial charge < -0.3 is 20.1 Å². The van der Waals surface area contributed by atoms with E-state index in [-0.39, 0.29) is 10.8 Å². The van der Waals surface area contributed by atoms with Crippen LogP contribution in [-0.2, 0) is 4.74 Å². The highest BCUT2D eigenvalue weighted by atomic mass is 35.5. The number of urea groups is 1. The van der Waals surface area contributed by atoms with Gasteiger partial charge in [-0.05, 0) is 6.92 Å². The zero-order valence-electron chi connectivity index (χ0n) is 14.6. The molecule has 0 aliphatic rings. The number of rotatable bonds is 6. The number of ether oxygens (including phenoxy) is 2. The Morgan fingerprint density at radius 3 is 2.57 bits per heavy atom. The third-order valence-corrected chi connectivity index (χ3v) is 3.74. The summed E-state index contributed by atoms with van der Waals surface area (Å²) in [5.74, 6) is 0. The average molecular weight is 414 g/mol. The average Bonchev–Trinajstić information content (AvgIpc) is 3.02. The van der Waals surface area contributed by atoms with Crippen LogP contribution in [0.3, 0.4) is 0 Å². The third-order valence-electron chi connectivity index (χ3n) is 3.56. The lowest BCUT2D eigenvalue weighted by atomic mass is 10.2. The number of aromatic nitrogens is 5. The van der Waals surface area contributed by atoms with Gasteiger partial charge in [-0.25, -0.2) is 24.3 Å². The second-order valence-electron chi connectivity index (χ2n) is 5.38. The minimum absolute atomic E-state index is 0.164. The molecule has 148 valence electrons. The summed E-state index contributed by atoms with van der Waals surface area (Å²) in [5.41, 5.74) is 1.50. The molecule has 0 bridgehead atoms. The molecule has 0 aliphatic heterocycles. The maximum Gasteiger partial charge on any atom is 0.389 e. The molecule has 0 aromatic carbocycles. The first-order valence-corrected chi connectivity index (χ1v) is 8.17. The maximum atomic E-state index is 12.3. The van der Waals surface area contributed by atoms with Crippen molar-refractivity contribution in [3.8, 4) is 6.01 Å². The summed E-state index contributed by atoms with van der Waals surface area (Å²) in [4.78, 5) is 23.6. The summed E-state index contributed by atoms with van der Waals surface area (Å²) in [6, 6.07) is 0.412. The van der Waals surface area contributed by atoms with Crippen molar-refractivity contribution in [3.63, 3.8) is 0 Å². The van der Waals surface area contributed by atoms with E-state index < -0.39 is 24.8 Å². The Bertz CT molecular complexity index is 984. The van der Waals surface area contributed by atoms with E-state index >= 15 is 0 Å². The lowest BCUT2D eigenvalue weighted by molar-refractivity contribution is -0.0560. The van der Waals surface area contributed by atoms with E-state index in [4.69, 9.17) is 16.3 Å². The number of hydrogen-bond acceptors (Lipinski definition) is 7. The minimum Gasteiger partial charge on any atom is -0.401 e. The fourth-order valence-electron chi connectivity index (χ4n) is 2.33. The highest BCUT2D eigenvalue weighted by Crippen LogP contribution is 2.26. The highest BCUT2D eigenvalue weighted by molar-refractivity contribution is 6.29. The van der Waals surface area contributed by atoms with E-state index in [1.54, 1.807) is 13.0 Å². The monoisotopic (exact) mass is 413 g/mol. The Kier molecular flexibility index (Phi) is 5.80. The summed E-state index contributed by atoms with van der Waals surface area (Å²) >= 11 is 5.93. The van der Waals surface area contributed by atoms with Gasteiger partial charge in [-0.3, -0.25) is 0 Å². The molecule has 0 saturated heterocycles. The van der Waals surface area contributed by atoms with Gasteiger partial charge in [-0.2, -0.15) is 13.9 Å². The Balaban J connectivity index is 1.79. The van der Waals surface area contributed by atoms with Crippen molar-refractivity contribution < 1.29 is 23.0 Å². The molecule has 28 heavy (non-hydrogen) atoms. The number of amides is 2. The molecule has 2 N–H and O–H groups in total. The topological polar surface area (TPSA) is 116 Å². The first kappa shape index (κ1) is 19.6. The summed E-state index contributed by atoms with van der Waals surface area (Å²) in [5, 5.41) is 9.46. The Morgan fingerprint density at radius 2 is 1.93 bits per heavy atom. The number of alkyl halides is 2. The van der Waals surface area contributed by atoms with Gasteiger partial charge in [0.15, 0.2) is 10.8 Å². The predicted octanol–water partition coefficient (Wildman–Crippen LogP) is 3.13. The molecule has 3 rings (SSSR count). The van der Waals surface area contributed by atoms with Crippen LogP contribution in [0.1, 0.15) is 18.7 Å². The molecule has 2 amide bonds. The number of methoxy groups -OCH3 is 1. The van der Waals surface area contributed by atoms with E-state index in [0.29, 0.717) is 17.0 Å². The van der Waals surface area contributed by atoms with Crippen LogP contribution < -0.4 is 15.4 Å². The SMILES string of the molecule is CO[C@@H](C)c1c(NC(=O)Nc2cnc(OC(F)F)nc2)cnc2cc(Cl)nn12. The number of anilines is 2. The molecule has 13 heteroatoms. The Hall–Kier alpha value is -3.12. The van der Waals surface area contributed by atoms with Gasteiger partial charge in [0.2, 0.25) is 0 Å². The van der Waals surface area contributed by atoms with Crippen molar-refractivity contribution in [3.05, 3.63) is 35.5 Å². The van der Waals surface area contributed by atoms with Gasteiger partial charge in [0.25, 0.3) is 0 Å². The summed E-state index contributed by atoms with van der Waals surface area (Å²) in [6.07, 6.45) is 3.24. The van der Waals surface area contributed by atoms with Gasteiger partial charge >= 0.3 is 18.7 Å². The number of carbonyl (C=O) groups excluding carboxylic acids is 1. The molecule has 3 aromatic heterocycles. The quantitative estimate of drug-likeness (QED) is 0.637. The van der Waals surface area contributed by atoms with Crippen LogP contribution in [0.4, 0.5) is 25.0 Å². The van der Waals surface area contributed by atoms with Gasteiger partial charge in [0.05, 0.1) is 41.8 Å². The molecular formula is C15H14ClF2N7O3. The molecule has 3 aromatic rings. The van der Waals surface area contributed by atoms with Crippen LogP contribution in [-0.4, -0.2) is 44.3 Å². The molecular weight excluding hydrogens is 400 g/mol. The van der Waals surface area contributed by atoms with E-state index in [9.17, 15) is 13.6 Å². The lowest BCUT2D eigenvalue weighted by Crippen LogP contribution is -2.22. The number of nitrogens with zero attached hydrogens (tertiary/aromatic N) is 5. The number of halogens is 3. The standard InChI is InChI=1S/C15H14ClF2N7O3/c1-7(27-2)12-9(6-19-11-3-10(16)24-25(11)12)23-14(26)22-8-4-20-15(21-5-8)28-13(17)18/h3-7,13H,1-2H3,(H2,22,23,26)/t7-/m0/s1. The van der Waals surface area contributed by atoms with Gasteiger partial charge in [0, 0.05) is 13.2 Å². The van der Waals surface area contributed by atoms with Gasteiger partial charge in [-0.15, -0.1) is 0 Å². The first-order valence-electron chi connectivity index (χ1n) is 7.79. The van der Waals surface area contributed by atoms with Crippen molar-refractivity contribution >= 4 is 34.7 Å². The van der Waals surface area contributed by atoms with Crippen molar-refractivity contribution in [2.45, 2.75) is 19.6 Å². The van der Waals surface area contributed by atoms with Crippen molar-refractivity contribution in [2.24, 2.45) is 0 Å². The molecule has 0 unspecified atom stereocenters. The summed E-state index contributed by atoms with van der Waals surface area (Å²) in [6.45, 7) is -1.27. The maximum absolute atomic E-state index is 12.3. The zero-order valence-corrected chi connectivity index (χ0v) is 15.3. The van der Waals surface area contributed by atoms with Crippen LogP contribution in [0.2, 0.25) is 5.15 Å². The fourth-order valence-corrected chi connectivity index (χ4v) is 2.50. The molecule has 10 nitrogen and oxygen atoms in total. The summed E-state index contributed by atoms with van der Waals surface area (Å²) < 4.78 is 35.1. The first-order chi connectivity index (χ1) is 13.4. The predicted molar refractivity (Wildman–Crippen MR) is 94.7 cm³/mol. The van der Waals surface area contributed by atoms with E-state index in [1.165, 1.54) is 17.8 Å². The summed E-state index contributed by atoms with van der Waals surface area (Å²) in [7, 11) is 1.51. The second kappa shape index (κ2) is 8.27.